The van der Waals surface area contributed by atoms with Gasteiger partial charge in [-0.05, 0) is 12.6 Å². The van der Waals surface area contributed by atoms with Gasteiger partial charge < -0.3 is 8.85 Å². The Morgan fingerprint density at radius 2 is 0.655 bits per heavy atom. The minimum Gasteiger partial charge on any atom is -0.398 e. The van der Waals surface area contributed by atoms with E-state index in [2.05, 4.69) is 13.5 Å². The lowest BCUT2D eigenvalue weighted by Crippen LogP contribution is -2.35. The summed E-state index contributed by atoms with van der Waals surface area (Å²) < 4.78 is 11.1. The first-order chi connectivity index (χ1) is 14.2. The van der Waals surface area contributed by atoms with Crippen LogP contribution < -0.4 is 0 Å². The lowest BCUT2D eigenvalue weighted by molar-refractivity contribution is 0.248. The summed E-state index contributed by atoms with van der Waals surface area (Å²) in [6.45, 7) is 4.47. The van der Waals surface area contributed by atoms with E-state index in [1.165, 1.54) is 135 Å². The van der Waals surface area contributed by atoms with E-state index in [0.717, 1.165) is 6.04 Å². The summed E-state index contributed by atoms with van der Waals surface area (Å²) >= 11 is 0. The maximum Gasteiger partial charge on any atom is 0.334 e. The lowest BCUT2D eigenvalue weighted by atomic mass is 10.0. The maximum atomic E-state index is 5.55. The van der Waals surface area contributed by atoms with Crippen LogP contribution in [0.25, 0.3) is 0 Å². The fourth-order valence-corrected chi connectivity index (χ4v) is 5.63. The molecule has 0 unspecified atom stereocenters. The Kier molecular flexibility index (Phi) is 22.9. The normalized spacial score (nSPS) is 12.0. The van der Waals surface area contributed by atoms with Crippen LogP contribution in [0.15, 0.2) is 0 Å². The summed E-state index contributed by atoms with van der Waals surface area (Å²) in [7, 11) is 1.78. The summed E-state index contributed by atoms with van der Waals surface area (Å²) in [6, 6.07) is 1.14. The molecule has 0 aliphatic rings. The summed E-state index contributed by atoms with van der Waals surface area (Å²) in [5.74, 6) is 0. The van der Waals surface area contributed by atoms with Gasteiger partial charge in [0.1, 0.15) is 0 Å². The standard InChI is InChI=1S/C26H56O2Si/c1-5-6-7-8-9-10-11-12-13-14-15-16-17-18-19-20-21-22-23-24-25-26-29(4,27-2)28-3/h5-26H2,1-4H3. The Bertz CT molecular complexity index is 305. The molecular formula is C26H56O2Si. The van der Waals surface area contributed by atoms with Crippen molar-refractivity contribution >= 4 is 8.56 Å². The molecule has 0 atom stereocenters. The van der Waals surface area contributed by atoms with Crippen molar-refractivity contribution in [2.75, 3.05) is 14.2 Å². The molecule has 0 bridgehead atoms. The van der Waals surface area contributed by atoms with Crippen molar-refractivity contribution in [1.29, 1.82) is 0 Å². The Labute approximate surface area is 186 Å². The first-order valence-corrected chi connectivity index (χ1v) is 15.8. The average Bonchev–Trinajstić information content (AvgIpc) is 2.74. The van der Waals surface area contributed by atoms with E-state index in [9.17, 15) is 0 Å². The lowest BCUT2D eigenvalue weighted by Gasteiger charge is -2.22. The van der Waals surface area contributed by atoms with Crippen LogP contribution in [0.5, 0.6) is 0 Å². The van der Waals surface area contributed by atoms with Gasteiger partial charge in [-0.3, -0.25) is 0 Å². The largest absolute Gasteiger partial charge is 0.398 e. The Morgan fingerprint density at radius 1 is 0.414 bits per heavy atom. The highest BCUT2D eigenvalue weighted by molar-refractivity contribution is 6.65. The van der Waals surface area contributed by atoms with Gasteiger partial charge in [0.2, 0.25) is 0 Å². The van der Waals surface area contributed by atoms with Gasteiger partial charge in [-0.1, -0.05) is 142 Å². The highest BCUT2D eigenvalue weighted by Crippen LogP contribution is 2.18. The number of hydrogen-bond donors (Lipinski definition) is 0. The zero-order valence-electron chi connectivity index (χ0n) is 20.9. The van der Waals surface area contributed by atoms with Gasteiger partial charge in [-0.25, -0.2) is 0 Å². The Hall–Kier alpha value is 0.137. The predicted molar refractivity (Wildman–Crippen MR) is 133 cm³/mol. The third kappa shape index (κ3) is 21.2. The predicted octanol–water partition coefficient (Wildman–Crippen LogP) is 9.56. The van der Waals surface area contributed by atoms with Gasteiger partial charge in [0, 0.05) is 14.2 Å². The minimum atomic E-state index is -1.81. The maximum absolute atomic E-state index is 5.55. The van der Waals surface area contributed by atoms with Crippen LogP contribution >= 0.6 is 0 Å². The van der Waals surface area contributed by atoms with Crippen LogP contribution in [0.3, 0.4) is 0 Å². The summed E-state index contributed by atoms with van der Waals surface area (Å²) in [5, 5.41) is 0. The van der Waals surface area contributed by atoms with Crippen LogP contribution in [0.2, 0.25) is 12.6 Å². The molecule has 0 aromatic carbocycles. The molecule has 176 valence electrons. The van der Waals surface area contributed by atoms with Gasteiger partial charge in [0.15, 0.2) is 0 Å². The third-order valence-corrected chi connectivity index (χ3v) is 9.59. The summed E-state index contributed by atoms with van der Waals surface area (Å²) in [5.41, 5.74) is 0. The topological polar surface area (TPSA) is 18.5 Å². The van der Waals surface area contributed by atoms with Crippen LogP contribution in [-0.2, 0) is 8.85 Å². The van der Waals surface area contributed by atoms with Gasteiger partial charge in [0.05, 0.1) is 0 Å². The number of rotatable bonds is 24. The van der Waals surface area contributed by atoms with Gasteiger partial charge >= 0.3 is 8.56 Å². The molecule has 0 rings (SSSR count). The summed E-state index contributed by atoms with van der Waals surface area (Å²) in [6.07, 6.45) is 30.2. The third-order valence-electron chi connectivity index (χ3n) is 6.60. The zero-order valence-corrected chi connectivity index (χ0v) is 21.9. The second-order valence-corrected chi connectivity index (χ2v) is 12.9. The molecule has 29 heavy (non-hydrogen) atoms. The van der Waals surface area contributed by atoms with Crippen LogP contribution in [0.4, 0.5) is 0 Å². The molecule has 0 N–H and O–H groups in total. The molecule has 0 aromatic rings. The first-order valence-electron chi connectivity index (χ1n) is 13.3. The molecule has 2 nitrogen and oxygen atoms in total. The number of hydrogen-bond acceptors (Lipinski definition) is 2. The van der Waals surface area contributed by atoms with Crippen LogP contribution in [-0.4, -0.2) is 22.8 Å². The van der Waals surface area contributed by atoms with Crippen molar-refractivity contribution in [3.8, 4) is 0 Å². The van der Waals surface area contributed by atoms with Crippen molar-refractivity contribution in [2.24, 2.45) is 0 Å². The van der Waals surface area contributed by atoms with E-state index < -0.39 is 8.56 Å². The number of unbranched alkanes of at least 4 members (excludes halogenated alkanes) is 20. The highest BCUT2D eigenvalue weighted by Gasteiger charge is 2.27. The van der Waals surface area contributed by atoms with Crippen molar-refractivity contribution < 1.29 is 8.85 Å². The monoisotopic (exact) mass is 428 g/mol. The fraction of sp³-hybridized carbons (Fsp3) is 1.00. The van der Waals surface area contributed by atoms with E-state index in [-0.39, 0.29) is 0 Å². The Morgan fingerprint density at radius 3 is 0.897 bits per heavy atom. The van der Waals surface area contributed by atoms with Gasteiger partial charge in [-0.15, -0.1) is 0 Å². The van der Waals surface area contributed by atoms with Crippen LogP contribution in [0.1, 0.15) is 142 Å². The zero-order chi connectivity index (χ0) is 21.5. The second-order valence-electron chi connectivity index (χ2n) is 9.36. The van der Waals surface area contributed by atoms with E-state index >= 15 is 0 Å². The Balaban J connectivity index is 3.10. The molecule has 0 aromatic heterocycles. The van der Waals surface area contributed by atoms with E-state index in [0.29, 0.717) is 0 Å². The fourth-order valence-electron chi connectivity index (χ4n) is 4.17. The highest BCUT2D eigenvalue weighted by atomic mass is 28.4. The van der Waals surface area contributed by atoms with Gasteiger partial charge in [-0.2, -0.15) is 0 Å². The molecule has 0 aliphatic carbocycles. The molecule has 0 heterocycles. The van der Waals surface area contributed by atoms with Crippen molar-refractivity contribution in [2.45, 2.75) is 154 Å². The molecule has 3 heteroatoms. The van der Waals surface area contributed by atoms with E-state index in [1.54, 1.807) is 14.2 Å². The SMILES string of the molecule is CCCCCCCCCCCCCCCCCCCCCCC[Si](C)(OC)OC. The molecule has 0 saturated carbocycles. The second kappa shape index (κ2) is 22.8. The van der Waals surface area contributed by atoms with Crippen molar-refractivity contribution in [1.82, 2.24) is 0 Å². The molecule has 0 amide bonds. The van der Waals surface area contributed by atoms with Crippen molar-refractivity contribution in [3.63, 3.8) is 0 Å². The quantitative estimate of drug-likeness (QED) is 0.112. The molecule has 0 saturated heterocycles. The molecular weight excluding hydrogens is 372 g/mol. The average molecular weight is 429 g/mol. The molecule has 0 fully saturated rings. The summed E-state index contributed by atoms with van der Waals surface area (Å²) in [4.78, 5) is 0. The first kappa shape index (κ1) is 29.1. The molecule has 0 spiro atoms. The molecule has 0 radical (unpaired) electrons. The van der Waals surface area contributed by atoms with Crippen LogP contribution in [0, 0.1) is 0 Å². The van der Waals surface area contributed by atoms with Gasteiger partial charge in [0.25, 0.3) is 0 Å². The molecule has 0 aliphatic heterocycles. The smallest absolute Gasteiger partial charge is 0.334 e. The van der Waals surface area contributed by atoms with E-state index in [1.807, 2.05) is 0 Å². The van der Waals surface area contributed by atoms with Crippen molar-refractivity contribution in [3.05, 3.63) is 0 Å². The minimum absolute atomic E-state index is 1.14. The van der Waals surface area contributed by atoms with E-state index in [4.69, 9.17) is 8.85 Å².